The van der Waals surface area contributed by atoms with Crippen LogP contribution in [0.4, 0.5) is 0 Å². The molecule has 1 saturated heterocycles. The lowest BCUT2D eigenvalue weighted by Crippen LogP contribution is -2.16. The van der Waals surface area contributed by atoms with Crippen LogP contribution < -0.4 is 14.8 Å². The van der Waals surface area contributed by atoms with Crippen molar-refractivity contribution in [1.29, 1.82) is 0 Å². The second-order valence-corrected chi connectivity index (χ2v) is 5.61. The number of rotatable bonds is 8. The second-order valence-electron chi connectivity index (χ2n) is 5.61. The molecule has 0 bridgehead atoms. The van der Waals surface area contributed by atoms with Crippen molar-refractivity contribution in [2.45, 2.75) is 32.0 Å². The molecule has 1 aromatic carbocycles. The van der Waals surface area contributed by atoms with Gasteiger partial charge >= 0.3 is 0 Å². The minimum absolute atomic E-state index is 0.203. The molecule has 1 N–H and O–H groups in total. The van der Waals surface area contributed by atoms with Crippen LogP contribution in [0.2, 0.25) is 0 Å². The van der Waals surface area contributed by atoms with E-state index in [9.17, 15) is 0 Å². The average Bonchev–Trinajstić information content (AvgIpc) is 3.27. The molecule has 0 saturated carbocycles. The smallest absolute Gasteiger partial charge is 0.161 e. The van der Waals surface area contributed by atoms with E-state index in [2.05, 4.69) is 5.32 Å². The van der Waals surface area contributed by atoms with Gasteiger partial charge < -0.3 is 23.9 Å². The van der Waals surface area contributed by atoms with Crippen molar-refractivity contribution < 1.29 is 18.6 Å². The van der Waals surface area contributed by atoms with Crippen molar-refractivity contribution in [2.75, 3.05) is 20.3 Å². The number of furan rings is 1. The molecule has 2 aromatic rings. The zero-order valence-electron chi connectivity index (χ0n) is 13.4. The number of ether oxygens (including phenoxy) is 3. The summed E-state index contributed by atoms with van der Waals surface area (Å²) in [5.41, 5.74) is 1.14. The lowest BCUT2D eigenvalue weighted by molar-refractivity contribution is 0.0669. The van der Waals surface area contributed by atoms with Crippen LogP contribution in [0, 0.1) is 0 Å². The lowest BCUT2D eigenvalue weighted by Gasteiger charge is -2.15. The van der Waals surface area contributed by atoms with Gasteiger partial charge in [0.25, 0.3) is 0 Å². The summed E-state index contributed by atoms with van der Waals surface area (Å²) in [5, 5.41) is 3.34. The maximum atomic E-state index is 5.84. The summed E-state index contributed by atoms with van der Waals surface area (Å²) in [6.45, 7) is 2.85. The molecule has 0 amide bonds. The Kier molecular flexibility index (Phi) is 5.56. The first-order valence-corrected chi connectivity index (χ1v) is 7.99. The summed E-state index contributed by atoms with van der Waals surface area (Å²) in [4.78, 5) is 0. The predicted octanol–water partition coefficient (Wildman–Crippen LogP) is 3.14. The van der Waals surface area contributed by atoms with Gasteiger partial charge in [0.2, 0.25) is 0 Å². The number of hydrogen-bond acceptors (Lipinski definition) is 5. The SMILES string of the molecule is COc1cc(CNCc2ccco2)ccc1OCC1CCCO1. The van der Waals surface area contributed by atoms with Gasteiger partial charge in [-0.1, -0.05) is 6.07 Å². The Hall–Kier alpha value is -1.98. The highest BCUT2D eigenvalue weighted by molar-refractivity contribution is 5.43. The van der Waals surface area contributed by atoms with E-state index in [4.69, 9.17) is 18.6 Å². The summed E-state index contributed by atoms with van der Waals surface area (Å²) >= 11 is 0. The first-order chi connectivity index (χ1) is 11.3. The Morgan fingerprint density at radius 1 is 1.22 bits per heavy atom. The van der Waals surface area contributed by atoms with Gasteiger partial charge in [0.05, 0.1) is 26.0 Å². The maximum absolute atomic E-state index is 5.84. The van der Waals surface area contributed by atoms with Crippen LogP contribution in [0.15, 0.2) is 41.0 Å². The standard InChI is InChI=1S/C18H23NO4/c1-20-18-10-14(11-19-12-15-4-2-8-21-15)6-7-17(18)23-13-16-5-3-9-22-16/h2,4,6-8,10,16,19H,3,5,9,11-13H2,1H3. The van der Waals surface area contributed by atoms with Crippen LogP contribution in [0.5, 0.6) is 11.5 Å². The van der Waals surface area contributed by atoms with Crippen molar-refractivity contribution >= 4 is 0 Å². The highest BCUT2D eigenvalue weighted by atomic mass is 16.5. The van der Waals surface area contributed by atoms with Crippen molar-refractivity contribution in [1.82, 2.24) is 5.32 Å². The van der Waals surface area contributed by atoms with Gasteiger partial charge in [-0.25, -0.2) is 0 Å². The molecule has 1 fully saturated rings. The van der Waals surface area contributed by atoms with E-state index in [1.54, 1.807) is 13.4 Å². The molecule has 124 valence electrons. The molecule has 5 nitrogen and oxygen atoms in total. The molecule has 1 atom stereocenters. The van der Waals surface area contributed by atoms with Crippen molar-refractivity contribution in [3.63, 3.8) is 0 Å². The summed E-state index contributed by atoms with van der Waals surface area (Å²) in [5.74, 6) is 2.44. The fourth-order valence-corrected chi connectivity index (χ4v) is 2.64. The van der Waals surface area contributed by atoms with E-state index < -0.39 is 0 Å². The number of hydrogen-bond donors (Lipinski definition) is 1. The molecule has 1 unspecified atom stereocenters. The highest BCUT2D eigenvalue weighted by Gasteiger charge is 2.17. The Morgan fingerprint density at radius 3 is 2.91 bits per heavy atom. The monoisotopic (exact) mass is 317 g/mol. The molecule has 1 aliphatic rings. The van der Waals surface area contributed by atoms with Gasteiger partial charge in [0.15, 0.2) is 11.5 Å². The summed E-state index contributed by atoms with van der Waals surface area (Å²) in [7, 11) is 1.66. The van der Waals surface area contributed by atoms with E-state index >= 15 is 0 Å². The van der Waals surface area contributed by atoms with Gasteiger partial charge in [-0.15, -0.1) is 0 Å². The predicted molar refractivity (Wildman–Crippen MR) is 86.7 cm³/mol. The van der Waals surface area contributed by atoms with E-state index in [0.717, 1.165) is 48.8 Å². The summed E-state index contributed by atoms with van der Waals surface area (Å²) in [6.07, 6.45) is 4.07. The largest absolute Gasteiger partial charge is 0.493 e. The summed E-state index contributed by atoms with van der Waals surface area (Å²) in [6, 6.07) is 9.84. The maximum Gasteiger partial charge on any atom is 0.161 e. The van der Waals surface area contributed by atoms with E-state index in [1.807, 2.05) is 30.3 Å². The van der Waals surface area contributed by atoms with Gasteiger partial charge in [-0.05, 0) is 42.7 Å². The Morgan fingerprint density at radius 2 is 2.17 bits per heavy atom. The molecular weight excluding hydrogens is 294 g/mol. The third kappa shape index (κ3) is 4.50. The third-order valence-corrected chi connectivity index (χ3v) is 3.89. The second kappa shape index (κ2) is 8.04. The Labute approximate surface area is 136 Å². The van der Waals surface area contributed by atoms with Crippen LogP contribution in [0.1, 0.15) is 24.2 Å². The molecule has 1 aromatic heterocycles. The minimum Gasteiger partial charge on any atom is -0.493 e. The molecule has 23 heavy (non-hydrogen) atoms. The van der Waals surface area contributed by atoms with Crippen LogP contribution in [-0.4, -0.2) is 26.4 Å². The molecule has 5 heteroatoms. The average molecular weight is 317 g/mol. The minimum atomic E-state index is 0.203. The number of benzene rings is 1. The van der Waals surface area contributed by atoms with Gasteiger partial charge in [0, 0.05) is 13.2 Å². The highest BCUT2D eigenvalue weighted by Crippen LogP contribution is 2.29. The number of methoxy groups -OCH3 is 1. The summed E-state index contributed by atoms with van der Waals surface area (Å²) < 4.78 is 22.2. The van der Waals surface area contributed by atoms with Crippen LogP contribution in [0.3, 0.4) is 0 Å². The zero-order valence-corrected chi connectivity index (χ0v) is 13.4. The quantitative estimate of drug-likeness (QED) is 0.810. The molecule has 0 radical (unpaired) electrons. The van der Waals surface area contributed by atoms with Crippen molar-refractivity contribution in [3.8, 4) is 11.5 Å². The first kappa shape index (κ1) is 15.9. The van der Waals surface area contributed by atoms with Gasteiger partial charge in [0.1, 0.15) is 12.4 Å². The fraction of sp³-hybridized carbons (Fsp3) is 0.444. The normalized spacial score (nSPS) is 17.3. The Bertz CT molecular complexity index is 591. The molecular formula is C18H23NO4. The topological polar surface area (TPSA) is 52.9 Å². The molecule has 0 aliphatic carbocycles. The van der Waals surface area contributed by atoms with E-state index in [1.165, 1.54) is 0 Å². The van der Waals surface area contributed by atoms with Gasteiger partial charge in [-0.3, -0.25) is 0 Å². The van der Waals surface area contributed by atoms with Crippen LogP contribution >= 0.6 is 0 Å². The van der Waals surface area contributed by atoms with E-state index in [0.29, 0.717) is 13.2 Å². The van der Waals surface area contributed by atoms with Crippen molar-refractivity contribution in [3.05, 3.63) is 47.9 Å². The molecule has 1 aliphatic heterocycles. The van der Waals surface area contributed by atoms with E-state index in [-0.39, 0.29) is 6.10 Å². The first-order valence-electron chi connectivity index (χ1n) is 7.99. The lowest BCUT2D eigenvalue weighted by atomic mass is 10.2. The third-order valence-electron chi connectivity index (χ3n) is 3.89. The number of nitrogens with one attached hydrogen (secondary N) is 1. The molecule has 3 rings (SSSR count). The molecule has 0 spiro atoms. The fourth-order valence-electron chi connectivity index (χ4n) is 2.64. The molecule has 2 heterocycles. The zero-order chi connectivity index (χ0) is 15.9. The van der Waals surface area contributed by atoms with Crippen LogP contribution in [-0.2, 0) is 17.8 Å². The van der Waals surface area contributed by atoms with Crippen molar-refractivity contribution in [2.24, 2.45) is 0 Å². The Balaban J connectivity index is 1.53. The van der Waals surface area contributed by atoms with Crippen LogP contribution in [0.25, 0.3) is 0 Å². The van der Waals surface area contributed by atoms with Gasteiger partial charge in [-0.2, -0.15) is 0 Å².